The summed E-state index contributed by atoms with van der Waals surface area (Å²) in [5.74, 6) is -3.16. The normalized spacial score (nSPS) is 12.9. The number of amides is 2. The Morgan fingerprint density at radius 2 is 1.75 bits per heavy atom. The van der Waals surface area contributed by atoms with Crippen molar-refractivity contribution in [1.29, 1.82) is 0 Å². The van der Waals surface area contributed by atoms with Gasteiger partial charge in [0.1, 0.15) is 5.82 Å². The molecule has 0 saturated heterocycles. The van der Waals surface area contributed by atoms with E-state index in [9.17, 15) is 19.2 Å². The van der Waals surface area contributed by atoms with E-state index in [0.29, 0.717) is 0 Å². The number of imide groups is 1. The summed E-state index contributed by atoms with van der Waals surface area (Å²) in [5.41, 5.74) is 4.41. The number of nitrogens with zero attached hydrogens (tertiary/aromatic N) is 1. The van der Waals surface area contributed by atoms with Crippen LogP contribution in [0.2, 0.25) is 10.0 Å². The number of carboxylic acid groups (broad SMARTS) is 1. The molecule has 1 aromatic carbocycles. The zero-order valence-electron chi connectivity index (χ0n) is 11.6. The van der Waals surface area contributed by atoms with Gasteiger partial charge in [-0.15, -0.1) is 0 Å². The Labute approximate surface area is 143 Å². The van der Waals surface area contributed by atoms with Gasteiger partial charge in [-0.3, -0.25) is 24.3 Å². The van der Waals surface area contributed by atoms with Crippen molar-refractivity contribution in [2.24, 2.45) is 0 Å². The minimum atomic E-state index is -1.33. The smallest absolute Gasteiger partial charge is 0.337 e. The molecule has 24 heavy (non-hydrogen) atoms. The lowest BCUT2D eigenvalue weighted by atomic mass is 10.1. The number of nitrogens with two attached hydrogens (primary N) is 1. The molecule has 2 amide bonds. The summed E-state index contributed by atoms with van der Waals surface area (Å²) >= 11 is 11.8. The molecule has 1 aromatic heterocycles. The maximum atomic E-state index is 12.3. The van der Waals surface area contributed by atoms with Crippen LogP contribution in [0.15, 0.2) is 23.0 Å². The maximum Gasteiger partial charge on any atom is 0.337 e. The van der Waals surface area contributed by atoms with E-state index in [0.717, 1.165) is 22.8 Å². The molecule has 0 aliphatic carbocycles. The Bertz CT molecular complexity index is 1010. The van der Waals surface area contributed by atoms with Crippen molar-refractivity contribution < 1.29 is 19.5 Å². The van der Waals surface area contributed by atoms with E-state index >= 15 is 0 Å². The van der Waals surface area contributed by atoms with E-state index in [1.54, 1.807) is 0 Å². The molecule has 4 N–H and O–H groups in total. The van der Waals surface area contributed by atoms with Crippen molar-refractivity contribution in [1.82, 2.24) is 9.88 Å². The van der Waals surface area contributed by atoms with Crippen LogP contribution in [-0.2, 0) is 0 Å². The second kappa shape index (κ2) is 5.36. The maximum absolute atomic E-state index is 12.3. The minimum absolute atomic E-state index is 0.0523. The van der Waals surface area contributed by atoms with Crippen LogP contribution < -0.4 is 16.6 Å². The molecule has 0 spiro atoms. The lowest BCUT2D eigenvalue weighted by molar-refractivity contribution is 0.0696. The number of aromatic nitrogens is 1. The molecule has 2 heterocycles. The number of hydrogen-bond donors (Lipinski definition) is 3. The number of halogens is 2. The van der Waals surface area contributed by atoms with Crippen LogP contribution in [0.4, 0.5) is 5.82 Å². The van der Waals surface area contributed by atoms with Gasteiger partial charge in [-0.05, 0) is 12.1 Å². The average Bonchev–Trinajstić information content (AvgIpc) is 2.75. The number of rotatable bonds is 2. The quantitative estimate of drug-likeness (QED) is 0.685. The first-order valence-corrected chi connectivity index (χ1v) is 7.12. The van der Waals surface area contributed by atoms with Crippen LogP contribution in [-0.4, -0.2) is 27.5 Å². The van der Waals surface area contributed by atoms with Gasteiger partial charge in [-0.1, -0.05) is 23.2 Å². The van der Waals surface area contributed by atoms with Gasteiger partial charge in [0.05, 0.1) is 32.4 Å². The number of nitrogen functional groups attached to an aromatic ring is 1. The third kappa shape index (κ3) is 2.24. The Morgan fingerprint density at radius 3 is 2.38 bits per heavy atom. The molecule has 0 fully saturated rings. The first kappa shape index (κ1) is 16.0. The summed E-state index contributed by atoms with van der Waals surface area (Å²) < 4.78 is 0.849. The Kier molecular flexibility index (Phi) is 3.58. The number of nitrogens with one attached hydrogen (secondary N) is 1. The van der Waals surface area contributed by atoms with Crippen molar-refractivity contribution in [3.05, 3.63) is 55.3 Å². The number of carbonyl (C=O) groups excluding carboxylic acids is 2. The van der Waals surface area contributed by atoms with E-state index in [1.807, 2.05) is 5.32 Å². The number of benzene rings is 1. The van der Waals surface area contributed by atoms with Crippen LogP contribution in [0.25, 0.3) is 5.69 Å². The SMILES string of the molecule is Nc1c2c(cc(=O)n1-c1cc(C(=O)O)c(Cl)cc1Cl)C(=O)NC2=O. The summed E-state index contributed by atoms with van der Waals surface area (Å²) in [6.45, 7) is 0. The fourth-order valence-electron chi connectivity index (χ4n) is 2.40. The first-order chi connectivity index (χ1) is 11.2. The zero-order valence-corrected chi connectivity index (χ0v) is 13.1. The third-order valence-corrected chi connectivity index (χ3v) is 4.08. The Morgan fingerprint density at radius 1 is 1.08 bits per heavy atom. The molecular weight excluding hydrogens is 361 g/mol. The lowest BCUT2D eigenvalue weighted by Crippen LogP contribution is -2.24. The lowest BCUT2D eigenvalue weighted by Gasteiger charge is -2.14. The topological polar surface area (TPSA) is 131 Å². The highest BCUT2D eigenvalue weighted by atomic mass is 35.5. The van der Waals surface area contributed by atoms with Crippen LogP contribution >= 0.6 is 23.2 Å². The monoisotopic (exact) mass is 367 g/mol. The van der Waals surface area contributed by atoms with Gasteiger partial charge >= 0.3 is 5.97 Å². The largest absolute Gasteiger partial charge is 0.478 e. The van der Waals surface area contributed by atoms with E-state index in [1.165, 1.54) is 0 Å². The number of carboxylic acids is 1. The summed E-state index contributed by atoms with van der Waals surface area (Å²) in [6.07, 6.45) is 0. The van der Waals surface area contributed by atoms with Crippen molar-refractivity contribution in [2.45, 2.75) is 0 Å². The van der Waals surface area contributed by atoms with E-state index < -0.39 is 23.3 Å². The summed E-state index contributed by atoms with van der Waals surface area (Å²) in [4.78, 5) is 47.0. The minimum Gasteiger partial charge on any atom is -0.478 e. The van der Waals surface area contributed by atoms with Gasteiger partial charge in [-0.25, -0.2) is 4.79 Å². The molecule has 0 saturated carbocycles. The van der Waals surface area contributed by atoms with Crippen molar-refractivity contribution in [2.75, 3.05) is 5.73 Å². The van der Waals surface area contributed by atoms with Crippen molar-refractivity contribution >= 4 is 46.8 Å². The predicted molar refractivity (Wildman–Crippen MR) is 85.2 cm³/mol. The van der Waals surface area contributed by atoms with E-state index in [-0.39, 0.29) is 38.2 Å². The highest BCUT2D eigenvalue weighted by Crippen LogP contribution is 2.30. The standard InChI is InChI=1S/C14H7Cl2N3O5/c15-6-3-7(16)8(1-4(6)14(23)24)19-9(20)2-5-10(11(19)17)13(22)18-12(5)21/h1-3H,17H2,(H,23,24)(H,18,21,22). The Balaban J connectivity index is 2.37. The number of aromatic carboxylic acids is 1. The predicted octanol–water partition coefficient (Wildman–Crippen LogP) is 1.31. The molecular formula is C14H7Cl2N3O5. The van der Waals surface area contributed by atoms with E-state index in [4.69, 9.17) is 34.0 Å². The average molecular weight is 368 g/mol. The number of fused-ring (bicyclic) bond motifs is 1. The molecule has 122 valence electrons. The van der Waals surface area contributed by atoms with Crippen LogP contribution in [0.3, 0.4) is 0 Å². The Hall–Kier alpha value is -2.84. The molecule has 8 nitrogen and oxygen atoms in total. The van der Waals surface area contributed by atoms with Gasteiger partial charge in [0.15, 0.2) is 0 Å². The second-order valence-corrected chi connectivity index (χ2v) is 5.68. The number of hydrogen-bond acceptors (Lipinski definition) is 5. The van der Waals surface area contributed by atoms with Gasteiger partial charge < -0.3 is 10.8 Å². The van der Waals surface area contributed by atoms with Crippen molar-refractivity contribution in [3.8, 4) is 5.69 Å². The fourth-order valence-corrected chi connectivity index (χ4v) is 2.95. The highest BCUT2D eigenvalue weighted by Gasteiger charge is 2.32. The molecule has 2 aromatic rings. The molecule has 0 atom stereocenters. The molecule has 3 rings (SSSR count). The molecule has 0 radical (unpaired) electrons. The number of carbonyl (C=O) groups is 3. The van der Waals surface area contributed by atoms with Crippen molar-refractivity contribution in [3.63, 3.8) is 0 Å². The molecule has 1 aliphatic rings. The van der Waals surface area contributed by atoms with Crippen LogP contribution in [0.1, 0.15) is 31.1 Å². The van der Waals surface area contributed by atoms with Gasteiger partial charge in [-0.2, -0.15) is 0 Å². The number of anilines is 1. The summed E-state index contributed by atoms with van der Waals surface area (Å²) in [5, 5.41) is 11.0. The highest BCUT2D eigenvalue weighted by molar-refractivity contribution is 6.37. The molecule has 0 unspecified atom stereocenters. The number of pyridine rings is 1. The van der Waals surface area contributed by atoms with Gasteiger partial charge in [0, 0.05) is 6.07 Å². The molecule has 1 aliphatic heterocycles. The van der Waals surface area contributed by atoms with Crippen LogP contribution in [0, 0.1) is 0 Å². The zero-order chi connectivity index (χ0) is 17.8. The van der Waals surface area contributed by atoms with E-state index in [2.05, 4.69) is 0 Å². The van der Waals surface area contributed by atoms with Crippen LogP contribution in [0.5, 0.6) is 0 Å². The molecule has 10 heteroatoms. The molecule has 0 bridgehead atoms. The fraction of sp³-hybridized carbons (Fsp3) is 0. The third-order valence-electron chi connectivity index (χ3n) is 3.46. The summed E-state index contributed by atoms with van der Waals surface area (Å²) in [7, 11) is 0. The second-order valence-electron chi connectivity index (χ2n) is 4.86. The van der Waals surface area contributed by atoms with Gasteiger partial charge in [0.25, 0.3) is 17.4 Å². The van der Waals surface area contributed by atoms with Gasteiger partial charge in [0.2, 0.25) is 0 Å². The first-order valence-electron chi connectivity index (χ1n) is 6.36. The summed E-state index contributed by atoms with van der Waals surface area (Å²) in [6, 6.07) is 3.13.